The lowest BCUT2D eigenvalue weighted by molar-refractivity contribution is -0.149. The van der Waals surface area contributed by atoms with E-state index in [1.54, 1.807) is 0 Å². The van der Waals surface area contributed by atoms with E-state index in [9.17, 15) is 36.6 Å². The molecule has 5 rings (SSSR count). The number of rotatable bonds is 5. The van der Waals surface area contributed by atoms with Crippen molar-refractivity contribution in [3.63, 3.8) is 0 Å². The fourth-order valence-corrected chi connectivity index (χ4v) is 5.22. The van der Waals surface area contributed by atoms with Crippen LogP contribution in [-0.4, -0.2) is 61.4 Å². The Kier molecular flexibility index (Phi) is 5.08. The molecular formula is C19H18ClF5N6O3. The van der Waals surface area contributed by atoms with Crippen LogP contribution in [0.2, 0.25) is 5.15 Å². The van der Waals surface area contributed by atoms with Crippen molar-refractivity contribution in [2.24, 2.45) is 17.8 Å². The number of amides is 3. The fourth-order valence-electron chi connectivity index (χ4n) is 5.02. The third-order valence-corrected chi connectivity index (χ3v) is 7.11. The normalized spacial score (nSPS) is 28.6. The van der Waals surface area contributed by atoms with E-state index in [0.29, 0.717) is 0 Å². The molecule has 3 amide bonds. The minimum atomic E-state index is -4.59. The predicted molar refractivity (Wildman–Crippen MR) is 105 cm³/mol. The van der Waals surface area contributed by atoms with Gasteiger partial charge in [-0.15, -0.1) is 0 Å². The summed E-state index contributed by atoms with van der Waals surface area (Å²) in [4.78, 5) is 28.6. The summed E-state index contributed by atoms with van der Waals surface area (Å²) in [6.45, 7) is -0.844. The number of carbonyl (C=O) groups is 2. The van der Waals surface area contributed by atoms with E-state index in [1.165, 1.54) is 16.8 Å². The van der Waals surface area contributed by atoms with Gasteiger partial charge in [-0.25, -0.2) is 27.9 Å². The number of aromatic nitrogens is 3. The predicted octanol–water partition coefficient (Wildman–Crippen LogP) is 3.44. The first-order valence-electron chi connectivity index (χ1n) is 10.4. The lowest BCUT2D eigenvalue weighted by Crippen LogP contribution is -2.40. The average molecular weight is 509 g/mol. The van der Waals surface area contributed by atoms with Crippen molar-refractivity contribution >= 4 is 29.4 Å². The summed E-state index contributed by atoms with van der Waals surface area (Å²) in [5.41, 5.74) is 0.717. The molecule has 0 bridgehead atoms. The Labute approximate surface area is 193 Å². The summed E-state index contributed by atoms with van der Waals surface area (Å²) in [6.07, 6.45) is -4.19. The number of alkyl halides is 5. The lowest BCUT2D eigenvalue weighted by Gasteiger charge is -2.23. The molecule has 0 radical (unpaired) electrons. The van der Waals surface area contributed by atoms with Crippen LogP contribution in [0.5, 0.6) is 0 Å². The highest BCUT2D eigenvalue weighted by molar-refractivity contribution is 6.30. The van der Waals surface area contributed by atoms with Crippen LogP contribution in [0.1, 0.15) is 30.1 Å². The first kappa shape index (κ1) is 22.9. The van der Waals surface area contributed by atoms with Crippen LogP contribution >= 0.6 is 11.6 Å². The van der Waals surface area contributed by atoms with Crippen molar-refractivity contribution in [3.8, 4) is 0 Å². The van der Waals surface area contributed by atoms with E-state index in [2.05, 4.69) is 15.4 Å². The van der Waals surface area contributed by atoms with Crippen molar-refractivity contribution in [1.29, 1.82) is 0 Å². The van der Waals surface area contributed by atoms with E-state index in [-0.39, 0.29) is 47.4 Å². The van der Waals surface area contributed by atoms with Crippen LogP contribution in [-0.2, 0) is 6.54 Å². The first-order valence-corrected chi connectivity index (χ1v) is 10.8. The average Bonchev–Trinajstić information content (AvgIpc) is 3.24. The van der Waals surface area contributed by atoms with Gasteiger partial charge in [-0.05, 0) is 24.8 Å². The molecule has 3 N–H and O–H groups in total. The zero-order valence-electron chi connectivity index (χ0n) is 17.2. The molecule has 34 heavy (non-hydrogen) atoms. The second-order valence-corrected chi connectivity index (χ2v) is 9.26. The fraction of sp³-hybridized carbons (Fsp3) is 0.579. The largest absolute Gasteiger partial charge is 0.465 e. The van der Waals surface area contributed by atoms with Gasteiger partial charge in [-0.3, -0.25) is 0 Å². The first-order chi connectivity index (χ1) is 15.8. The molecule has 2 saturated carbocycles. The number of nitrogens with zero attached hydrogens (tertiary/aromatic N) is 4. The molecule has 3 fully saturated rings. The van der Waals surface area contributed by atoms with Crippen molar-refractivity contribution in [2.75, 3.05) is 6.54 Å². The number of carbonyl (C=O) groups excluding carboxylic acids is 1. The minimum Gasteiger partial charge on any atom is -0.465 e. The topological polar surface area (TPSA) is 112 Å². The van der Waals surface area contributed by atoms with E-state index < -0.39 is 54.7 Å². The van der Waals surface area contributed by atoms with E-state index in [1.807, 2.05) is 5.32 Å². The molecule has 15 heteroatoms. The second-order valence-electron chi connectivity index (χ2n) is 8.90. The molecule has 3 aliphatic rings. The smallest absolute Gasteiger partial charge is 0.410 e. The number of fused-ring (bicyclic) bond motifs is 2. The third kappa shape index (κ3) is 3.87. The highest BCUT2D eigenvalue weighted by Crippen LogP contribution is 2.67. The summed E-state index contributed by atoms with van der Waals surface area (Å²) in [5, 5.41) is 17.5. The van der Waals surface area contributed by atoms with Crippen LogP contribution in [0.3, 0.4) is 0 Å². The van der Waals surface area contributed by atoms with Crippen LogP contribution in [0, 0.1) is 17.8 Å². The van der Waals surface area contributed by atoms with Gasteiger partial charge in [0.05, 0.1) is 31.0 Å². The molecule has 3 unspecified atom stereocenters. The molecule has 3 heterocycles. The summed E-state index contributed by atoms with van der Waals surface area (Å²) >= 11 is 6.18. The van der Waals surface area contributed by atoms with E-state index in [0.717, 1.165) is 4.90 Å². The number of hydrogen-bond acceptors (Lipinski definition) is 4. The number of imidazole rings is 1. The molecule has 184 valence electrons. The third-order valence-electron chi connectivity index (χ3n) is 6.79. The molecule has 4 atom stereocenters. The number of urea groups is 1. The van der Waals surface area contributed by atoms with Gasteiger partial charge < -0.3 is 20.6 Å². The Hall–Kier alpha value is -2.90. The Morgan fingerprint density at radius 2 is 2.03 bits per heavy atom. The van der Waals surface area contributed by atoms with Crippen LogP contribution < -0.4 is 10.6 Å². The number of carboxylic acid groups (broad SMARTS) is 1. The Morgan fingerprint density at radius 3 is 2.62 bits per heavy atom. The lowest BCUT2D eigenvalue weighted by atomic mass is 9.92. The number of nitrogens with one attached hydrogen (secondary N) is 2. The molecule has 2 aromatic heterocycles. The number of hydrogen-bond donors (Lipinski definition) is 3. The zero-order valence-corrected chi connectivity index (χ0v) is 17.9. The van der Waals surface area contributed by atoms with Crippen LogP contribution in [0.4, 0.5) is 31.5 Å². The standard InChI is InChI=1S/C19H18ClF5N6O3/c20-15-8(4-30-6-12(19(23,24)25)27-16(30)32)3-13-26-11(5-31(13)29-15)14(28-17(33)34)7-1-9-10(2-7)18(9,21)22/h3,5,7,9-10,12,14,28H,1-2,4,6H2,(H,27,32)(H,33,34)/t7?,9?,10?,12-,14?/m0/s1. The highest BCUT2D eigenvalue weighted by Gasteiger charge is 2.72. The maximum absolute atomic E-state index is 13.6. The van der Waals surface area contributed by atoms with Gasteiger partial charge in [0.1, 0.15) is 6.04 Å². The maximum atomic E-state index is 13.6. The van der Waals surface area contributed by atoms with Gasteiger partial charge in [-0.2, -0.15) is 18.3 Å². The molecule has 0 spiro atoms. The molecule has 1 saturated heterocycles. The minimum absolute atomic E-state index is 0.0794. The SMILES string of the molecule is O=C(O)NC(c1cn2nc(Cl)c(CN3C[C@@H](C(F)(F)F)NC3=O)cc2n1)C1CC2C(C1)C2(F)F. The van der Waals surface area contributed by atoms with Crippen LogP contribution in [0.25, 0.3) is 5.65 Å². The van der Waals surface area contributed by atoms with Crippen molar-refractivity contribution in [3.05, 3.63) is 28.7 Å². The second kappa shape index (κ2) is 7.55. The zero-order chi connectivity index (χ0) is 24.6. The van der Waals surface area contributed by atoms with Crippen LogP contribution in [0.15, 0.2) is 12.3 Å². The molecule has 2 aromatic rings. The van der Waals surface area contributed by atoms with E-state index >= 15 is 0 Å². The molecule has 0 aromatic carbocycles. The monoisotopic (exact) mass is 508 g/mol. The van der Waals surface area contributed by atoms with Crippen molar-refractivity contribution in [1.82, 2.24) is 30.1 Å². The van der Waals surface area contributed by atoms with Gasteiger partial charge in [-0.1, -0.05) is 11.6 Å². The summed E-state index contributed by atoms with van der Waals surface area (Å²) in [7, 11) is 0. The van der Waals surface area contributed by atoms with Gasteiger partial charge in [0, 0.05) is 17.4 Å². The van der Waals surface area contributed by atoms with Gasteiger partial charge in [0.25, 0.3) is 5.92 Å². The molecule has 2 aliphatic carbocycles. The van der Waals surface area contributed by atoms with Crippen molar-refractivity contribution in [2.45, 2.75) is 43.6 Å². The Balaban J connectivity index is 1.38. The maximum Gasteiger partial charge on any atom is 0.410 e. The van der Waals surface area contributed by atoms with Gasteiger partial charge >= 0.3 is 18.3 Å². The van der Waals surface area contributed by atoms with E-state index in [4.69, 9.17) is 11.6 Å². The van der Waals surface area contributed by atoms with Crippen molar-refractivity contribution < 1.29 is 36.6 Å². The summed E-state index contributed by atoms with van der Waals surface area (Å²) in [5.74, 6) is -4.61. The summed E-state index contributed by atoms with van der Waals surface area (Å²) in [6, 6.07) is -2.31. The molecule has 9 nitrogen and oxygen atoms in total. The quantitative estimate of drug-likeness (QED) is 0.536. The van der Waals surface area contributed by atoms with Gasteiger partial charge in [0.2, 0.25) is 0 Å². The summed E-state index contributed by atoms with van der Waals surface area (Å²) < 4.78 is 67.2. The molecular weight excluding hydrogens is 491 g/mol. The van der Waals surface area contributed by atoms with Gasteiger partial charge in [0.15, 0.2) is 10.8 Å². The Morgan fingerprint density at radius 1 is 1.35 bits per heavy atom. The molecule has 1 aliphatic heterocycles. The number of halogens is 6. The highest BCUT2D eigenvalue weighted by atomic mass is 35.5. The Bertz CT molecular complexity index is 1160.